The Morgan fingerprint density at radius 3 is 2.88 bits per heavy atom. The minimum absolute atomic E-state index is 0.0324. The highest BCUT2D eigenvalue weighted by molar-refractivity contribution is 5.98. The van der Waals surface area contributed by atoms with Crippen LogP contribution in [0.15, 0.2) is 22.8 Å². The third-order valence-electron chi connectivity index (χ3n) is 4.24. The number of rotatable bonds is 5. The van der Waals surface area contributed by atoms with Crippen LogP contribution < -0.4 is 5.32 Å². The van der Waals surface area contributed by atoms with E-state index in [0.717, 1.165) is 4.90 Å². The minimum Gasteiger partial charge on any atom is -0.467 e. The van der Waals surface area contributed by atoms with Crippen molar-refractivity contribution in [2.75, 3.05) is 19.6 Å². The van der Waals surface area contributed by atoms with Crippen molar-refractivity contribution >= 4 is 23.8 Å². The first kappa shape index (κ1) is 17.0. The normalized spacial score (nSPS) is 21.4. The van der Waals surface area contributed by atoms with Gasteiger partial charge in [-0.05, 0) is 19.1 Å². The molecule has 2 aliphatic rings. The number of likely N-dealkylation sites (tertiary alicyclic amines) is 1. The summed E-state index contributed by atoms with van der Waals surface area (Å²) in [6, 6.07) is 2.98. The number of imide groups is 1. The fraction of sp³-hybridized carbons (Fsp3) is 0.500. The van der Waals surface area contributed by atoms with E-state index >= 15 is 0 Å². The predicted octanol–water partition coefficient (Wildman–Crippen LogP) is 0.112. The van der Waals surface area contributed by atoms with Gasteiger partial charge in [-0.3, -0.25) is 19.3 Å². The van der Waals surface area contributed by atoms with Crippen LogP contribution in [-0.2, 0) is 25.7 Å². The van der Waals surface area contributed by atoms with Gasteiger partial charge in [-0.15, -0.1) is 0 Å². The lowest BCUT2D eigenvalue weighted by molar-refractivity contribution is -0.160. The van der Waals surface area contributed by atoms with Crippen LogP contribution in [-0.4, -0.2) is 59.4 Å². The zero-order chi connectivity index (χ0) is 18.0. The molecular formula is C16H19N3O6. The molecule has 1 aromatic rings. The maximum absolute atomic E-state index is 12.3. The highest BCUT2D eigenvalue weighted by atomic mass is 16.5. The summed E-state index contributed by atoms with van der Waals surface area (Å²) in [5.74, 6) is -1.36. The number of ether oxygens (including phenoxy) is 1. The zero-order valence-corrected chi connectivity index (χ0v) is 13.8. The van der Waals surface area contributed by atoms with Gasteiger partial charge in [0.05, 0.1) is 18.7 Å². The van der Waals surface area contributed by atoms with Gasteiger partial charge in [0.15, 0.2) is 6.10 Å². The molecule has 0 spiro atoms. The van der Waals surface area contributed by atoms with Crippen LogP contribution in [0.5, 0.6) is 0 Å². The number of hydrogen-bond acceptors (Lipinski definition) is 6. The van der Waals surface area contributed by atoms with Crippen molar-refractivity contribution < 1.29 is 28.3 Å². The van der Waals surface area contributed by atoms with Crippen molar-refractivity contribution in [3.8, 4) is 0 Å². The maximum Gasteiger partial charge on any atom is 0.324 e. The first-order valence-electron chi connectivity index (χ1n) is 8.05. The van der Waals surface area contributed by atoms with Crippen LogP contribution in [0, 0.1) is 5.92 Å². The van der Waals surface area contributed by atoms with E-state index in [1.54, 1.807) is 12.1 Å². The number of furan rings is 1. The Morgan fingerprint density at radius 1 is 1.44 bits per heavy atom. The SMILES string of the molecule is CC(OC(=O)C1CC(=O)N(Cc2ccco2)C1)C(=O)N1CCNC1=O. The molecule has 2 aliphatic heterocycles. The molecule has 1 aromatic heterocycles. The molecule has 134 valence electrons. The average Bonchev–Trinajstić information content (AvgIpc) is 3.30. The summed E-state index contributed by atoms with van der Waals surface area (Å²) in [6.07, 6.45) is 0.472. The lowest BCUT2D eigenvalue weighted by atomic mass is 10.1. The third kappa shape index (κ3) is 3.65. The summed E-state index contributed by atoms with van der Waals surface area (Å²) in [5.41, 5.74) is 0. The number of hydrogen-bond donors (Lipinski definition) is 1. The molecule has 2 atom stereocenters. The lowest BCUT2D eigenvalue weighted by Gasteiger charge is -2.20. The number of nitrogens with zero attached hydrogens (tertiary/aromatic N) is 2. The van der Waals surface area contributed by atoms with Crippen molar-refractivity contribution in [2.45, 2.75) is 26.0 Å². The smallest absolute Gasteiger partial charge is 0.324 e. The third-order valence-corrected chi connectivity index (χ3v) is 4.24. The van der Waals surface area contributed by atoms with Crippen molar-refractivity contribution in [3.63, 3.8) is 0 Å². The number of nitrogens with one attached hydrogen (secondary N) is 1. The van der Waals surface area contributed by atoms with Gasteiger partial charge in [-0.25, -0.2) is 4.79 Å². The predicted molar refractivity (Wildman–Crippen MR) is 82.9 cm³/mol. The van der Waals surface area contributed by atoms with Gasteiger partial charge in [0, 0.05) is 26.1 Å². The Morgan fingerprint density at radius 2 is 2.24 bits per heavy atom. The van der Waals surface area contributed by atoms with Gasteiger partial charge in [-0.1, -0.05) is 0 Å². The molecule has 3 rings (SSSR count). The molecule has 2 fully saturated rings. The molecule has 0 radical (unpaired) electrons. The van der Waals surface area contributed by atoms with Crippen LogP contribution in [0.3, 0.4) is 0 Å². The lowest BCUT2D eigenvalue weighted by Crippen LogP contribution is -2.42. The number of esters is 1. The largest absolute Gasteiger partial charge is 0.467 e. The first-order valence-corrected chi connectivity index (χ1v) is 8.05. The van der Waals surface area contributed by atoms with E-state index in [0.29, 0.717) is 12.3 Å². The van der Waals surface area contributed by atoms with E-state index in [1.165, 1.54) is 18.1 Å². The van der Waals surface area contributed by atoms with Gasteiger partial charge in [0.25, 0.3) is 5.91 Å². The highest BCUT2D eigenvalue weighted by Crippen LogP contribution is 2.22. The van der Waals surface area contributed by atoms with E-state index in [2.05, 4.69) is 5.32 Å². The Hall–Kier alpha value is -2.84. The Balaban J connectivity index is 1.53. The molecule has 4 amide bonds. The molecular weight excluding hydrogens is 330 g/mol. The van der Waals surface area contributed by atoms with Gasteiger partial charge in [0.2, 0.25) is 5.91 Å². The second-order valence-corrected chi connectivity index (χ2v) is 6.06. The molecule has 0 aliphatic carbocycles. The quantitative estimate of drug-likeness (QED) is 0.756. The van der Waals surface area contributed by atoms with Crippen LogP contribution in [0.25, 0.3) is 0 Å². The van der Waals surface area contributed by atoms with Crippen molar-refractivity contribution in [3.05, 3.63) is 24.2 Å². The molecule has 3 heterocycles. The Bertz CT molecular complexity index is 686. The van der Waals surface area contributed by atoms with Gasteiger partial charge in [-0.2, -0.15) is 0 Å². The molecule has 0 saturated carbocycles. The molecule has 0 bridgehead atoms. The molecule has 1 N–H and O–H groups in total. The van der Waals surface area contributed by atoms with Crippen molar-refractivity contribution in [2.24, 2.45) is 5.92 Å². The van der Waals surface area contributed by atoms with Crippen molar-refractivity contribution in [1.29, 1.82) is 0 Å². The number of urea groups is 1. The summed E-state index contributed by atoms with van der Waals surface area (Å²) < 4.78 is 10.4. The second kappa shape index (κ2) is 6.96. The molecule has 25 heavy (non-hydrogen) atoms. The summed E-state index contributed by atoms with van der Waals surface area (Å²) in [6.45, 7) is 2.55. The number of amides is 4. The fourth-order valence-corrected chi connectivity index (χ4v) is 2.90. The second-order valence-electron chi connectivity index (χ2n) is 6.06. The minimum atomic E-state index is -1.08. The number of carbonyl (C=O) groups is 4. The highest BCUT2D eigenvalue weighted by Gasteiger charge is 2.38. The molecule has 0 aromatic carbocycles. The molecule has 2 unspecified atom stereocenters. The van der Waals surface area contributed by atoms with E-state index < -0.39 is 29.9 Å². The molecule has 2 saturated heterocycles. The van der Waals surface area contributed by atoms with Gasteiger partial charge >= 0.3 is 12.0 Å². The van der Waals surface area contributed by atoms with E-state index in [4.69, 9.17) is 9.15 Å². The topological polar surface area (TPSA) is 109 Å². The Kier molecular flexibility index (Phi) is 4.73. The summed E-state index contributed by atoms with van der Waals surface area (Å²) in [5, 5.41) is 2.51. The molecule has 9 heteroatoms. The van der Waals surface area contributed by atoms with Gasteiger partial charge < -0.3 is 19.4 Å². The fourth-order valence-electron chi connectivity index (χ4n) is 2.90. The number of carbonyl (C=O) groups excluding carboxylic acids is 4. The summed E-state index contributed by atoms with van der Waals surface area (Å²) in [4.78, 5) is 50.5. The van der Waals surface area contributed by atoms with Crippen molar-refractivity contribution in [1.82, 2.24) is 15.1 Å². The monoisotopic (exact) mass is 349 g/mol. The van der Waals surface area contributed by atoms with Crippen LogP contribution >= 0.6 is 0 Å². The summed E-state index contributed by atoms with van der Waals surface area (Å²) in [7, 11) is 0. The van der Waals surface area contributed by atoms with E-state index in [9.17, 15) is 19.2 Å². The molecule has 9 nitrogen and oxygen atoms in total. The van der Waals surface area contributed by atoms with Crippen LogP contribution in [0.1, 0.15) is 19.1 Å². The van der Waals surface area contributed by atoms with E-state index in [-0.39, 0.29) is 32.0 Å². The standard InChI is InChI=1S/C16H19N3O6/c1-10(14(21)19-5-4-17-16(19)23)25-15(22)11-7-13(20)18(8-11)9-12-3-2-6-24-12/h2-3,6,10-11H,4-5,7-9H2,1H3,(H,17,23). The Labute approximate surface area is 143 Å². The van der Waals surface area contributed by atoms with Crippen LogP contribution in [0.2, 0.25) is 0 Å². The van der Waals surface area contributed by atoms with Crippen LogP contribution in [0.4, 0.5) is 4.79 Å². The summed E-state index contributed by atoms with van der Waals surface area (Å²) >= 11 is 0. The average molecular weight is 349 g/mol. The maximum atomic E-state index is 12.3. The van der Waals surface area contributed by atoms with E-state index in [1.807, 2.05) is 0 Å². The first-order chi connectivity index (χ1) is 12.0. The van der Waals surface area contributed by atoms with Gasteiger partial charge in [0.1, 0.15) is 5.76 Å². The zero-order valence-electron chi connectivity index (χ0n) is 13.8.